The summed E-state index contributed by atoms with van der Waals surface area (Å²) in [7, 11) is 0. The third-order valence-electron chi connectivity index (χ3n) is 4.48. The van der Waals surface area contributed by atoms with Gasteiger partial charge in [0.15, 0.2) is 16.7 Å². The quantitative estimate of drug-likeness (QED) is 0.377. The maximum Gasteiger partial charge on any atom is 0.287 e. The molecule has 0 unspecified atom stereocenters. The van der Waals surface area contributed by atoms with Gasteiger partial charge in [0.2, 0.25) is 5.91 Å². The van der Waals surface area contributed by atoms with Gasteiger partial charge >= 0.3 is 0 Å². The normalized spacial score (nSPS) is 10.6. The van der Waals surface area contributed by atoms with Gasteiger partial charge in [-0.3, -0.25) is 14.2 Å². The van der Waals surface area contributed by atoms with Crippen LogP contribution in [0.3, 0.4) is 0 Å². The molecule has 0 saturated heterocycles. The second kappa shape index (κ2) is 10.5. The Morgan fingerprint density at radius 2 is 1.69 bits per heavy atom. The van der Waals surface area contributed by atoms with E-state index in [4.69, 9.17) is 4.42 Å². The van der Waals surface area contributed by atoms with Gasteiger partial charge in [-0.25, -0.2) is 0 Å². The third kappa shape index (κ3) is 5.44. The first-order chi connectivity index (χ1) is 15.7. The highest BCUT2D eigenvalue weighted by atomic mass is 32.2. The van der Waals surface area contributed by atoms with Gasteiger partial charge in [0.25, 0.3) is 5.91 Å². The van der Waals surface area contributed by atoms with Crippen molar-refractivity contribution in [2.24, 2.45) is 0 Å². The second-order valence-electron chi connectivity index (χ2n) is 6.74. The van der Waals surface area contributed by atoms with Crippen LogP contribution in [0.15, 0.2) is 88.6 Å². The van der Waals surface area contributed by atoms with Crippen LogP contribution < -0.4 is 10.6 Å². The summed E-state index contributed by atoms with van der Waals surface area (Å²) in [5, 5.41) is 14.9. The van der Waals surface area contributed by atoms with Crippen LogP contribution in [0.2, 0.25) is 0 Å². The average Bonchev–Trinajstić information content (AvgIpc) is 3.49. The maximum atomic E-state index is 12.2. The van der Waals surface area contributed by atoms with E-state index in [2.05, 4.69) is 20.8 Å². The van der Waals surface area contributed by atoms with E-state index in [1.165, 1.54) is 18.0 Å². The van der Waals surface area contributed by atoms with Crippen molar-refractivity contribution in [3.63, 3.8) is 0 Å². The molecule has 8 nitrogen and oxygen atoms in total. The van der Waals surface area contributed by atoms with Gasteiger partial charge in [-0.15, -0.1) is 10.2 Å². The number of amides is 2. The van der Waals surface area contributed by atoms with Crippen molar-refractivity contribution in [2.45, 2.75) is 18.1 Å². The van der Waals surface area contributed by atoms with Crippen molar-refractivity contribution in [2.75, 3.05) is 11.1 Å². The van der Waals surface area contributed by atoms with Crippen LogP contribution in [0.4, 0.5) is 5.69 Å². The number of para-hydroxylation sites is 2. The van der Waals surface area contributed by atoms with Crippen LogP contribution in [-0.2, 0) is 11.3 Å². The third-order valence-corrected chi connectivity index (χ3v) is 5.42. The molecule has 162 valence electrons. The van der Waals surface area contributed by atoms with Crippen LogP contribution in [0.1, 0.15) is 22.8 Å². The molecule has 32 heavy (non-hydrogen) atoms. The van der Waals surface area contributed by atoms with Crippen molar-refractivity contribution < 1.29 is 14.0 Å². The summed E-state index contributed by atoms with van der Waals surface area (Å²) in [6, 6.07) is 22.2. The highest BCUT2D eigenvalue weighted by molar-refractivity contribution is 7.99. The van der Waals surface area contributed by atoms with Gasteiger partial charge in [-0.05, 0) is 36.4 Å². The number of nitrogens with one attached hydrogen (secondary N) is 2. The first kappa shape index (κ1) is 21.4. The van der Waals surface area contributed by atoms with E-state index in [-0.39, 0.29) is 24.1 Å². The molecule has 9 heteroatoms. The molecular weight excluding hydrogens is 426 g/mol. The Hall–Kier alpha value is -3.85. The van der Waals surface area contributed by atoms with Gasteiger partial charge < -0.3 is 15.1 Å². The number of aromatic nitrogens is 3. The Labute approximate surface area is 189 Å². The standard InChI is InChI=1S/C23H21N5O3S/c29-21(25-17-8-3-1-4-9-17)13-15-32-23-27-26-20(28(23)18-10-5-2-6-11-18)16-24-22(30)19-12-7-14-31-19/h1-12,14H,13,15-16H2,(H,24,30)(H,25,29). The molecule has 0 atom stereocenters. The summed E-state index contributed by atoms with van der Waals surface area (Å²) in [5.41, 5.74) is 1.64. The first-order valence-electron chi connectivity index (χ1n) is 10.00. The minimum atomic E-state index is -0.329. The molecule has 0 aliphatic carbocycles. The summed E-state index contributed by atoms with van der Waals surface area (Å²) in [6.45, 7) is 0.177. The SMILES string of the molecule is O=C(CCSc1nnc(CNC(=O)c2ccco2)n1-c1ccccc1)Nc1ccccc1. The monoisotopic (exact) mass is 447 g/mol. The van der Waals surface area contributed by atoms with E-state index in [9.17, 15) is 9.59 Å². The first-order valence-corrected chi connectivity index (χ1v) is 11.0. The van der Waals surface area contributed by atoms with Crippen LogP contribution in [0.5, 0.6) is 0 Å². The van der Waals surface area contributed by atoms with Crippen molar-refractivity contribution in [1.29, 1.82) is 0 Å². The van der Waals surface area contributed by atoms with E-state index < -0.39 is 0 Å². The Kier molecular flexibility index (Phi) is 6.98. The number of hydrogen-bond donors (Lipinski definition) is 2. The summed E-state index contributed by atoms with van der Waals surface area (Å²) in [4.78, 5) is 24.4. The van der Waals surface area contributed by atoms with Gasteiger partial charge in [-0.2, -0.15) is 0 Å². The number of rotatable bonds is 9. The predicted molar refractivity (Wildman–Crippen MR) is 122 cm³/mol. The lowest BCUT2D eigenvalue weighted by Gasteiger charge is -2.10. The predicted octanol–water partition coefficient (Wildman–Crippen LogP) is 3.91. The summed E-state index contributed by atoms with van der Waals surface area (Å²) >= 11 is 1.43. The molecule has 0 radical (unpaired) electrons. The molecule has 2 aromatic heterocycles. The van der Waals surface area contributed by atoms with E-state index in [1.54, 1.807) is 12.1 Å². The Bertz CT molecular complexity index is 1160. The molecule has 0 spiro atoms. The van der Waals surface area contributed by atoms with Crippen LogP contribution in [-0.4, -0.2) is 32.3 Å². The molecule has 4 aromatic rings. The van der Waals surface area contributed by atoms with Crippen molar-refractivity contribution >= 4 is 29.3 Å². The van der Waals surface area contributed by atoms with Crippen molar-refractivity contribution in [3.05, 3.63) is 90.6 Å². The minimum Gasteiger partial charge on any atom is -0.459 e. The number of furan rings is 1. The van der Waals surface area contributed by atoms with Gasteiger partial charge in [-0.1, -0.05) is 48.2 Å². The van der Waals surface area contributed by atoms with Crippen molar-refractivity contribution in [1.82, 2.24) is 20.1 Å². The minimum absolute atomic E-state index is 0.0691. The molecule has 2 heterocycles. The summed E-state index contributed by atoms with van der Waals surface area (Å²) in [6.07, 6.45) is 1.77. The Morgan fingerprint density at radius 3 is 2.41 bits per heavy atom. The molecule has 2 N–H and O–H groups in total. The highest BCUT2D eigenvalue weighted by Crippen LogP contribution is 2.23. The topological polar surface area (TPSA) is 102 Å². The number of thioether (sulfide) groups is 1. The summed E-state index contributed by atoms with van der Waals surface area (Å²) < 4.78 is 7.00. The van der Waals surface area contributed by atoms with Crippen LogP contribution in [0, 0.1) is 0 Å². The van der Waals surface area contributed by atoms with E-state index in [1.807, 2.05) is 65.2 Å². The van der Waals surface area contributed by atoms with Gasteiger partial charge in [0.05, 0.1) is 12.8 Å². The van der Waals surface area contributed by atoms with Crippen LogP contribution >= 0.6 is 11.8 Å². The fraction of sp³-hybridized carbons (Fsp3) is 0.130. The number of carbonyl (C=O) groups is 2. The zero-order chi connectivity index (χ0) is 22.2. The lowest BCUT2D eigenvalue weighted by atomic mass is 10.3. The number of carbonyl (C=O) groups excluding carboxylic acids is 2. The summed E-state index contributed by atoms with van der Waals surface area (Å²) in [5.74, 6) is 0.939. The lowest BCUT2D eigenvalue weighted by Crippen LogP contribution is -2.24. The Morgan fingerprint density at radius 1 is 0.938 bits per heavy atom. The second-order valence-corrected chi connectivity index (χ2v) is 7.80. The molecular formula is C23H21N5O3S. The molecule has 4 rings (SSSR count). The lowest BCUT2D eigenvalue weighted by molar-refractivity contribution is -0.115. The zero-order valence-electron chi connectivity index (χ0n) is 17.1. The highest BCUT2D eigenvalue weighted by Gasteiger charge is 2.17. The molecule has 0 fully saturated rings. The molecule has 0 aliphatic rings. The number of anilines is 1. The molecule has 0 saturated carbocycles. The average molecular weight is 448 g/mol. The zero-order valence-corrected chi connectivity index (χ0v) is 17.9. The smallest absolute Gasteiger partial charge is 0.287 e. The Balaban J connectivity index is 1.42. The number of benzene rings is 2. The number of nitrogens with zero attached hydrogens (tertiary/aromatic N) is 3. The fourth-order valence-corrected chi connectivity index (χ4v) is 3.89. The van der Waals surface area contributed by atoms with Crippen molar-refractivity contribution in [3.8, 4) is 5.69 Å². The van der Waals surface area contributed by atoms with E-state index in [0.717, 1.165) is 11.4 Å². The number of hydrogen-bond acceptors (Lipinski definition) is 6. The van der Waals surface area contributed by atoms with Gasteiger partial charge in [0, 0.05) is 23.5 Å². The molecule has 0 bridgehead atoms. The van der Waals surface area contributed by atoms with E-state index >= 15 is 0 Å². The van der Waals surface area contributed by atoms with Gasteiger partial charge in [0.1, 0.15) is 0 Å². The molecule has 2 aromatic carbocycles. The molecule has 2 amide bonds. The largest absolute Gasteiger partial charge is 0.459 e. The van der Waals surface area contributed by atoms with E-state index in [0.29, 0.717) is 23.2 Å². The fourth-order valence-electron chi connectivity index (χ4n) is 2.98. The van der Waals surface area contributed by atoms with Crippen LogP contribution in [0.25, 0.3) is 5.69 Å². The molecule has 0 aliphatic heterocycles. The maximum absolute atomic E-state index is 12.2.